The fraction of sp³-hybridized carbons (Fsp3) is 0.158. The van der Waals surface area contributed by atoms with Gasteiger partial charge in [0.15, 0.2) is 5.78 Å². The molecule has 0 fully saturated rings. The second-order valence-corrected chi connectivity index (χ2v) is 7.80. The van der Waals surface area contributed by atoms with E-state index in [1.807, 2.05) is 0 Å². The quantitative estimate of drug-likeness (QED) is 0.660. The predicted octanol–water partition coefficient (Wildman–Crippen LogP) is 2.83. The predicted molar refractivity (Wildman–Crippen MR) is 98.2 cm³/mol. The summed E-state index contributed by atoms with van der Waals surface area (Å²) in [6, 6.07) is 10.5. The zero-order chi connectivity index (χ0) is 19.6. The number of carbonyl (C=O) groups is 1. The summed E-state index contributed by atoms with van der Waals surface area (Å²) in [5, 5.41) is 0. The van der Waals surface area contributed by atoms with Gasteiger partial charge >= 0.3 is 0 Å². The van der Waals surface area contributed by atoms with E-state index in [4.69, 9.17) is 0 Å². The van der Waals surface area contributed by atoms with Crippen molar-refractivity contribution in [2.45, 2.75) is 17.9 Å². The fourth-order valence-electron chi connectivity index (χ4n) is 2.69. The highest BCUT2D eigenvalue weighted by Gasteiger charge is 2.26. The zero-order valence-corrected chi connectivity index (χ0v) is 15.6. The molecule has 0 aliphatic rings. The summed E-state index contributed by atoms with van der Waals surface area (Å²) in [4.78, 5) is 15.8. The molecule has 0 saturated carbocycles. The summed E-state index contributed by atoms with van der Waals surface area (Å²) in [5.41, 5.74) is 0.838. The molecule has 6 nitrogen and oxygen atoms in total. The normalized spacial score (nSPS) is 12.7. The molecule has 0 amide bonds. The second kappa shape index (κ2) is 7.42. The van der Waals surface area contributed by atoms with Gasteiger partial charge in [0.05, 0.1) is 4.90 Å². The molecule has 3 rings (SSSR count). The number of hydrogen-bond donors (Lipinski definition) is 1. The number of aryl methyl sites for hydroxylation is 1. The Bertz CT molecular complexity index is 1080. The molecule has 1 heterocycles. The number of carbonyl (C=O) groups excluding carboxylic acids is 1. The maximum absolute atomic E-state index is 13.3. The lowest BCUT2D eigenvalue weighted by molar-refractivity contribution is 0.101. The molecule has 1 unspecified atom stereocenters. The summed E-state index contributed by atoms with van der Waals surface area (Å²) in [7, 11) is -2.23. The first-order valence-electron chi connectivity index (χ1n) is 8.14. The van der Waals surface area contributed by atoms with Crippen LogP contribution in [0.25, 0.3) is 0 Å². The SMILES string of the molecule is CC(=O)c1cccc(S(=O)(=O)NC(c2ccc(F)cc2)c2nccn2C)c1. The number of benzene rings is 2. The molecule has 0 aliphatic heterocycles. The van der Waals surface area contributed by atoms with Crippen molar-refractivity contribution >= 4 is 15.8 Å². The van der Waals surface area contributed by atoms with E-state index in [0.29, 0.717) is 17.0 Å². The fourth-order valence-corrected chi connectivity index (χ4v) is 3.91. The first-order valence-corrected chi connectivity index (χ1v) is 9.62. The molecule has 1 aromatic heterocycles. The molecule has 0 aliphatic carbocycles. The number of nitrogens with zero attached hydrogens (tertiary/aromatic N) is 2. The highest BCUT2D eigenvalue weighted by molar-refractivity contribution is 7.89. The number of hydrogen-bond acceptors (Lipinski definition) is 4. The van der Waals surface area contributed by atoms with Crippen molar-refractivity contribution in [3.05, 3.63) is 83.7 Å². The highest BCUT2D eigenvalue weighted by atomic mass is 32.2. The smallest absolute Gasteiger partial charge is 0.241 e. The van der Waals surface area contributed by atoms with Gasteiger partial charge in [0.25, 0.3) is 0 Å². The molecule has 0 radical (unpaired) electrons. The van der Waals surface area contributed by atoms with E-state index < -0.39 is 21.9 Å². The van der Waals surface area contributed by atoms with Gasteiger partial charge in [0, 0.05) is 25.0 Å². The standard InChI is InChI=1S/C19H18FN3O3S/c1-13(24)15-4-3-5-17(12-15)27(25,26)22-18(19-21-10-11-23(19)2)14-6-8-16(20)9-7-14/h3-12,18,22H,1-2H3. The Balaban J connectivity index is 2.03. The number of halogens is 1. The minimum Gasteiger partial charge on any atom is -0.336 e. The van der Waals surface area contributed by atoms with E-state index in [-0.39, 0.29) is 10.7 Å². The Morgan fingerprint density at radius 1 is 1.19 bits per heavy atom. The van der Waals surface area contributed by atoms with Crippen molar-refractivity contribution in [1.82, 2.24) is 14.3 Å². The zero-order valence-electron chi connectivity index (χ0n) is 14.8. The number of sulfonamides is 1. The highest BCUT2D eigenvalue weighted by Crippen LogP contribution is 2.24. The van der Waals surface area contributed by atoms with Crippen molar-refractivity contribution in [3.63, 3.8) is 0 Å². The number of aromatic nitrogens is 2. The number of imidazole rings is 1. The van der Waals surface area contributed by atoms with Gasteiger partial charge in [-0.1, -0.05) is 24.3 Å². The molecule has 0 spiro atoms. The molecule has 0 saturated heterocycles. The van der Waals surface area contributed by atoms with Crippen molar-refractivity contribution in [2.24, 2.45) is 7.05 Å². The van der Waals surface area contributed by atoms with Crippen LogP contribution in [-0.2, 0) is 17.1 Å². The third-order valence-corrected chi connectivity index (χ3v) is 5.56. The molecule has 8 heteroatoms. The summed E-state index contributed by atoms with van der Waals surface area (Å²) in [6.45, 7) is 1.37. The van der Waals surface area contributed by atoms with Gasteiger partial charge in [-0.2, -0.15) is 4.72 Å². The second-order valence-electron chi connectivity index (χ2n) is 6.09. The van der Waals surface area contributed by atoms with Gasteiger partial charge in [-0.3, -0.25) is 4.79 Å². The van der Waals surface area contributed by atoms with Crippen LogP contribution in [0.3, 0.4) is 0 Å². The average molecular weight is 387 g/mol. The largest absolute Gasteiger partial charge is 0.336 e. The van der Waals surface area contributed by atoms with Crippen LogP contribution in [0.15, 0.2) is 65.8 Å². The Hall–Kier alpha value is -2.84. The molecule has 1 atom stereocenters. The number of rotatable bonds is 6. The van der Waals surface area contributed by atoms with E-state index in [1.165, 1.54) is 49.4 Å². The van der Waals surface area contributed by atoms with Crippen molar-refractivity contribution < 1.29 is 17.6 Å². The molecule has 1 N–H and O–H groups in total. The van der Waals surface area contributed by atoms with Gasteiger partial charge < -0.3 is 4.57 Å². The summed E-state index contributed by atoms with van der Waals surface area (Å²) in [6.07, 6.45) is 3.24. The number of ketones is 1. The van der Waals surface area contributed by atoms with Gasteiger partial charge in [-0.15, -0.1) is 0 Å². The molecule has 2 aromatic carbocycles. The van der Waals surface area contributed by atoms with Gasteiger partial charge in [-0.25, -0.2) is 17.8 Å². The Kier molecular flexibility index (Phi) is 5.20. The lowest BCUT2D eigenvalue weighted by Crippen LogP contribution is -2.31. The molecular weight excluding hydrogens is 369 g/mol. The Morgan fingerprint density at radius 3 is 2.48 bits per heavy atom. The van der Waals surface area contributed by atoms with Crippen LogP contribution >= 0.6 is 0 Å². The first-order chi connectivity index (χ1) is 12.8. The molecule has 27 heavy (non-hydrogen) atoms. The van der Waals surface area contributed by atoms with E-state index >= 15 is 0 Å². The topological polar surface area (TPSA) is 81.1 Å². The van der Waals surface area contributed by atoms with Crippen LogP contribution in [0.2, 0.25) is 0 Å². The van der Waals surface area contributed by atoms with Gasteiger partial charge in [0.1, 0.15) is 17.7 Å². The van der Waals surface area contributed by atoms with Crippen LogP contribution in [-0.4, -0.2) is 23.8 Å². The van der Waals surface area contributed by atoms with Crippen molar-refractivity contribution in [1.29, 1.82) is 0 Å². The lowest BCUT2D eigenvalue weighted by atomic mass is 10.1. The minimum atomic E-state index is -3.97. The molecular formula is C19H18FN3O3S. The summed E-state index contributed by atoms with van der Waals surface area (Å²) < 4.78 is 43.5. The third kappa shape index (κ3) is 4.12. The van der Waals surface area contributed by atoms with E-state index in [9.17, 15) is 17.6 Å². The van der Waals surface area contributed by atoms with Crippen LogP contribution < -0.4 is 4.72 Å². The summed E-state index contributed by atoms with van der Waals surface area (Å²) >= 11 is 0. The maximum Gasteiger partial charge on any atom is 0.241 e. The van der Waals surface area contributed by atoms with Crippen LogP contribution in [0.5, 0.6) is 0 Å². The average Bonchev–Trinajstić information content (AvgIpc) is 3.06. The minimum absolute atomic E-state index is 0.0310. The first kappa shape index (κ1) is 18.9. The van der Waals surface area contributed by atoms with E-state index in [0.717, 1.165) is 0 Å². The number of nitrogens with one attached hydrogen (secondary N) is 1. The Labute approximate surface area is 156 Å². The van der Waals surface area contributed by atoms with Crippen LogP contribution in [0, 0.1) is 5.82 Å². The van der Waals surface area contributed by atoms with E-state index in [2.05, 4.69) is 9.71 Å². The van der Waals surface area contributed by atoms with Crippen molar-refractivity contribution in [2.75, 3.05) is 0 Å². The van der Waals surface area contributed by atoms with E-state index in [1.54, 1.807) is 30.1 Å². The summed E-state index contributed by atoms with van der Waals surface area (Å²) in [5.74, 6) is -0.200. The molecule has 0 bridgehead atoms. The van der Waals surface area contributed by atoms with Crippen LogP contribution in [0.4, 0.5) is 4.39 Å². The number of Topliss-reactive ketones (excluding diaryl/α,β-unsaturated/α-hetero) is 1. The molecule has 140 valence electrons. The third-order valence-electron chi connectivity index (χ3n) is 4.14. The Morgan fingerprint density at radius 2 is 1.89 bits per heavy atom. The van der Waals surface area contributed by atoms with Crippen LogP contribution in [0.1, 0.15) is 34.7 Å². The van der Waals surface area contributed by atoms with Crippen molar-refractivity contribution in [3.8, 4) is 0 Å². The maximum atomic E-state index is 13.3. The monoisotopic (exact) mass is 387 g/mol. The molecule has 3 aromatic rings. The van der Waals surface area contributed by atoms with Gasteiger partial charge in [-0.05, 0) is 36.8 Å². The van der Waals surface area contributed by atoms with Gasteiger partial charge in [0.2, 0.25) is 10.0 Å². The lowest BCUT2D eigenvalue weighted by Gasteiger charge is -2.19.